The highest BCUT2D eigenvalue weighted by atomic mass is 14.7. The fourth-order valence-corrected chi connectivity index (χ4v) is 1.59. The quantitative estimate of drug-likeness (QED) is 0.466. The Morgan fingerprint density at radius 3 is 2.21 bits per heavy atom. The third-order valence-electron chi connectivity index (χ3n) is 2.30. The molecule has 0 atom stereocenters. The zero-order chi connectivity index (χ0) is 10.3. The van der Waals surface area contributed by atoms with Crippen molar-refractivity contribution in [2.45, 2.75) is 0 Å². The van der Waals surface area contributed by atoms with Crippen LogP contribution in [0, 0.1) is 0 Å². The van der Waals surface area contributed by atoms with Crippen LogP contribution in [-0.4, -0.2) is 0 Å². The molecular formula is C10H12N4. The second-order valence-electron chi connectivity index (χ2n) is 3.24. The third kappa shape index (κ3) is 1.01. The van der Waals surface area contributed by atoms with Crippen molar-refractivity contribution >= 4 is 33.5 Å². The first kappa shape index (κ1) is 8.50. The van der Waals surface area contributed by atoms with Gasteiger partial charge in [0.15, 0.2) is 0 Å². The highest BCUT2D eigenvalue weighted by molar-refractivity contribution is 6.10. The standard InChI is InChI=1S/C10H12N4/c11-6-3-1-2-5-9(6)7(12)4-8(13)10(5)14/h1-4H,11-14H2. The number of hydrogen-bond donors (Lipinski definition) is 4. The van der Waals surface area contributed by atoms with Gasteiger partial charge in [-0.1, -0.05) is 12.1 Å². The maximum Gasteiger partial charge on any atom is 0.0629 e. The summed E-state index contributed by atoms with van der Waals surface area (Å²) in [6, 6.07) is 7.10. The summed E-state index contributed by atoms with van der Waals surface area (Å²) >= 11 is 0. The minimum atomic E-state index is 0.487. The molecule has 0 amide bonds. The first-order chi connectivity index (χ1) is 6.61. The minimum absolute atomic E-state index is 0.487. The summed E-state index contributed by atoms with van der Waals surface area (Å²) in [6.07, 6.45) is 0. The van der Waals surface area contributed by atoms with Gasteiger partial charge in [-0.15, -0.1) is 0 Å². The Hall–Kier alpha value is -2.10. The molecule has 2 aromatic rings. The molecule has 0 bridgehead atoms. The van der Waals surface area contributed by atoms with E-state index >= 15 is 0 Å². The largest absolute Gasteiger partial charge is 0.398 e. The van der Waals surface area contributed by atoms with Crippen LogP contribution in [0.5, 0.6) is 0 Å². The van der Waals surface area contributed by atoms with E-state index in [9.17, 15) is 0 Å². The predicted molar refractivity (Wildman–Crippen MR) is 61.6 cm³/mol. The molecule has 0 aromatic heterocycles. The van der Waals surface area contributed by atoms with Crippen molar-refractivity contribution in [2.24, 2.45) is 0 Å². The van der Waals surface area contributed by atoms with Gasteiger partial charge in [0.25, 0.3) is 0 Å². The summed E-state index contributed by atoms with van der Waals surface area (Å²) in [5.41, 5.74) is 25.3. The summed E-state index contributed by atoms with van der Waals surface area (Å²) in [5, 5.41) is 1.58. The number of hydrogen-bond acceptors (Lipinski definition) is 4. The predicted octanol–water partition coefficient (Wildman–Crippen LogP) is 1.17. The molecule has 0 saturated heterocycles. The average Bonchev–Trinajstić information content (AvgIpc) is 2.14. The molecule has 0 unspecified atom stereocenters. The van der Waals surface area contributed by atoms with Crippen molar-refractivity contribution in [2.75, 3.05) is 22.9 Å². The van der Waals surface area contributed by atoms with E-state index in [2.05, 4.69) is 0 Å². The molecule has 4 nitrogen and oxygen atoms in total. The van der Waals surface area contributed by atoms with Crippen LogP contribution in [0.3, 0.4) is 0 Å². The lowest BCUT2D eigenvalue weighted by molar-refractivity contribution is 1.68. The van der Waals surface area contributed by atoms with Gasteiger partial charge in [-0.2, -0.15) is 0 Å². The fraction of sp³-hybridized carbons (Fsp3) is 0. The Morgan fingerprint density at radius 1 is 0.786 bits per heavy atom. The number of nitrogen functional groups attached to an aromatic ring is 4. The SMILES string of the molecule is Nc1cc(N)c2c(N)cccc2c1N. The summed E-state index contributed by atoms with van der Waals surface area (Å²) in [5.74, 6) is 0. The maximum atomic E-state index is 5.82. The van der Waals surface area contributed by atoms with Crippen LogP contribution in [0.1, 0.15) is 0 Å². The molecule has 0 aliphatic heterocycles. The normalized spacial score (nSPS) is 10.6. The van der Waals surface area contributed by atoms with Gasteiger partial charge in [0, 0.05) is 22.1 Å². The molecule has 8 N–H and O–H groups in total. The molecule has 14 heavy (non-hydrogen) atoms. The zero-order valence-electron chi connectivity index (χ0n) is 7.62. The maximum absolute atomic E-state index is 5.82. The van der Waals surface area contributed by atoms with Crippen LogP contribution < -0.4 is 22.9 Å². The van der Waals surface area contributed by atoms with Crippen molar-refractivity contribution in [3.63, 3.8) is 0 Å². The zero-order valence-corrected chi connectivity index (χ0v) is 7.62. The Kier molecular flexibility index (Phi) is 1.64. The Morgan fingerprint density at radius 2 is 1.50 bits per heavy atom. The highest BCUT2D eigenvalue weighted by Crippen LogP contribution is 2.34. The topological polar surface area (TPSA) is 104 Å². The molecule has 0 fully saturated rings. The summed E-state index contributed by atoms with van der Waals surface area (Å²) in [6.45, 7) is 0. The molecule has 0 spiro atoms. The second kappa shape index (κ2) is 2.70. The first-order valence-electron chi connectivity index (χ1n) is 4.23. The van der Waals surface area contributed by atoms with Crippen molar-refractivity contribution in [1.82, 2.24) is 0 Å². The van der Waals surface area contributed by atoms with E-state index in [0.717, 1.165) is 10.8 Å². The number of benzene rings is 2. The molecule has 0 radical (unpaired) electrons. The second-order valence-corrected chi connectivity index (χ2v) is 3.24. The van der Waals surface area contributed by atoms with E-state index < -0.39 is 0 Å². The van der Waals surface area contributed by atoms with Crippen LogP contribution in [0.25, 0.3) is 10.8 Å². The molecule has 0 aliphatic carbocycles. The highest BCUT2D eigenvalue weighted by Gasteiger charge is 2.07. The molecule has 72 valence electrons. The molecule has 4 heteroatoms. The van der Waals surface area contributed by atoms with E-state index in [0.29, 0.717) is 22.7 Å². The van der Waals surface area contributed by atoms with E-state index in [1.165, 1.54) is 0 Å². The monoisotopic (exact) mass is 188 g/mol. The lowest BCUT2D eigenvalue weighted by atomic mass is 10.0. The number of rotatable bonds is 0. The van der Waals surface area contributed by atoms with Crippen molar-refractivity contribution < 1.29 is 0 Å². The summed E-state index contributed by atoms with van der Waals surface area (Å²) < 4.78 is 0. The number of fused-ring (bicyclic) bond motifs is 1. The van der Waals surface area contributed by atoms with Crippen molar-refractivity contribution in [3.05, 3.63) is 24.3 Å². The molecular weight excluding hydrogens is 176 g/mol. The first-order valence-corrected chi connectivity index (χ1v) is 4.23. The molecule has 2 rings (SSSR count). The van der Waals surface area contributed by atoms with Crippen LogP contribution in [0.4, 0.5) is 22.7 Å². The van der Waals surface area contributed by atoms with Crippen molar-refractivity contribution in [3.8, 4) is 0 Å². The Balaban J connectivity index is 3.02. The van der Waals surface area contributed by atoms with E-state index in [1.54, 1.807) is 12.1 Å². The Bertz CT molecular complexity index is 505. The van der Waals surface area contributed by atoms with Gasteiger partial charge < -0.3 is 22.9 Å². The lowest BCUT2D eigenvalue weighted by Gasteiger charge is -2.10. The van der Waals surface area contributed by atoms with Gasteiger partial charge in [0.05, 0.1) is 11.4 Å². The number of nitrogens with two attached hydrogens (primary N) is 4. The van der Waals surface area contributed by atoms with E-state index in [1.807, 2.05) is 12.1 Å². The van der Waals surface area contributed by atoms with Gasteiger partial charge in [-0.3, -0.25) is 0 Å². The van der Waals surface area contributed by atoms with Gasteiger partial charge >= 0.3 is 0 Å². The molecule has 0 aliphatic rings. The van der Waals surface area contributed by atoms with Crippen LogP contribution >= 0.6 is 0 Å². The average molecular weight is 188 g/mol. The van der Waals surface area contributed by atoms with Crippen molar-refractivity contribution in [1.29, 1.82) is 0 Å². The Labute approximate surface area is 81.5 Å². The van der Waals surface area contributed by atoms with Crippen LogP contribution in [0.2, 0.25) is 0 Å². The smallest absolute Gasteiger partial charge is 0.0629 e. The molecule has 2 aromatic carbocycles. The molecule has 0 saturated carbocycles. The van der Waals surface area contributed by atoms with E-state index in [4.69, 9.17) is 22.9 Å². The van der Waals surface area contributed by atoms with E-state index in [-0.39, 0.29) is 0 Å². The fourth-order valence-electron chi connectivity index (χ4n) is 1.59. The number of anilines is 4. The van der Waals surface area contributed by atoms with Gasteiger partial charge in [0.1, 0.15) is 0 Å². The summed E-state index contributed by atoms with van der Waals surface area (Å²) in [7, 11) is 0. The lowest BCUT2D eigenvalue weighted by Crippen LogP contribution is -2.00. The minimum Gasteiger partial charge on any atom is -0.398 e. The summed E-state index contributed by atoms with van der Waals surface area (Å²) in [4.78, 5) is 0. The molecule has 0 heterocycles. The van der Waals surface area contributed by atoms with Gasteiger partial charge in [0.2, 0.25) is 0 Å². The van der Waals surface area contributed by atoms with Gasteiger partial charge in [-0.05, 0) is 12.1 Å². The third-order valence-corrected chi connectivity index (χ3v) is 2.30. The van der Waals surface area contributed by atoms with Gasteiger partial charge in [-0.25, -0.2) is 0 Å². The van der Waals surface area contributed by atoms with Crippen LogP contribution in [0.15, 0.2) is 24.3 Å². The van der Waals surface area contributed by atoms with Crippen LogP contribution in [-0.2, 0) is 0 Å².